The molecular weight excluding hydrogens is 383 g/mol. The number of rotatable bonds is 5. The Morgan fingerprint density at radius 3 is 2.36 bits per heavy atom. The van der Waals surface area contributed by atoms with E-state index in [9.17, 15) is 14.0 Å². The topological polar surface area (TPSA) is 67.8 Å². The van der Waals surface area contributed by atoms with Gasteiger partial charge in [-0.2, -0.15) is 5.10 Å². The summed E-state index contributed by atoms with van der Waals surface area (Å²) in [6.45, 7) is 0. The Morgan fingerprint density at radius 2 is 1.64 bits per heavy atom. The molecule has 0 heterocycles. The normalized spacial score (nSPS) is 10.6. The molecule has 0 saturated carbocycles. The molecule has 1 N–H and O–H groups in total. The molecule has 0 aliphatic carbocycles. The fourth-order valence-corrected chi connectivity index (χ4v) is 2.37. The van der Waals surface area contributed by atoms with Gasteiger partial charge in [0.05, 0.1) is 11.8 Å². The van der Waals surface area contributed by atoms with E-state index in [4.69, 9.17) is 16.3 Å². The van der Waals surface area contributed by atoms with Crippen molar-refractivity contribution in [2.75, 3.05) is 0 Å². The summed E-state index contributed by atoms with van der Waals surface area (Å²) in [4.78, 5) is 24.1. The molecule has 28 heavy (non-hydrogen) atoms. The Bertz CT molecular complexity index is 1020. The number of halogens is 2. The summed E-state index contributed by atoms with van der Waals surface area (Å²) in [7, 11) is 0. The number of nitrogens with zero attached hydrogens (tertiary/aromatic N) is 1. The van der Waals surface area contributed by atoms with E-state index in [1.807, 2.05) is 0 Å². The number of hydrogen-bond donors (Lipinski definition) is 1. The van der Waals surface area contributed by atoms with Gasteiger partial charge >= 0.3 is 5.97 Å². The molecule has 3 rings (SSSR count). The molecule has 0 atom stereocenters. The van der Waals surface area contributed by atoms with Crippen molar-refractivity contribution >= 4 is 29.7 Å². The number of ether oxygens (including phenoxy) is 1. The summed E-state index contributed by atoms with van der Waals surface area (Å²) in [5.74, 6) is -1.09. The number of carbonyl (C=O) groups excluding carboxylic acids is 2. The average molecular weight is 397 g/mol. The largest absolute Gasteiger partial charge is 0.423 e. The lowest BCUT2D eigenvalue weighted by atomic mass is 10.2. The lowest BCUT2D eigenvalue weighted by Gasteiger charge is -2.05. The number of carbonyl (C=O) groups is 2. The van der Waals surface area contributed by atoms with E-state index in [0.717, 1.165) is 0 Å². The molecule has 0 aromatic heterocycles. The van der Waals surface area contributed by atoms with E-state index < -0.39 is 17.7 Å². The number of amides is 1. The summed E-state index contributed by atoms with van der Waals surface area (Å²) in [6, 6.07) is 18.1. The van der Waals surface area contributed by atoms with Crippen LogP contribution in [-0.4, -0.2) is 18.1 Å². The van der Waals surface area contributed by atoms with Crippen LogP contribution in [-0.2, 0) is 0 Å². The van der Waals surface area contributed by atoms with Gasteiger partial charge in [0.1, 0.15) is 11.6 Å². The highest BCUT2D eigenvalue weighted by Gasteiger charge is 2.08. The van der Waals surface area contributed by atoms with Gasteiger partial charge in [0.2, 0.25) is 0 Å². The predicted octanol–water partition coefficient (Wildman–Crippen LogP) is 4.46. The zero-order valence-electron chi connectivity index (χ0n) is 14.4. The van der Waals surface area contributed by atoms with Crippen LogP contribution in [0.3, 0.4) is 0 Å². The number of nitrogens with one attached hydrogen (secondary N) is 1. The van der Waals surface area contributed by atoms with Crippen molar-refractivity contribution < 1.29 is 18.7 Å². The van der Waals surface area contributed by atoms with Gasteiger partial charge in [0.25, 0.3) is 5.91 Å². The van der Waals surface area contributed by atoms with Gasteiger partial charge in [0, 0.05) is 10.6 Å². The first kappa shape index (κ1) is 19.3. The van der Waals surface area contributed by atoms with E-state index in [1.165, 1.54) is 30.5 Å². The lowest BCUT2D eigenvalue weighted by Crippen LogP contribution is -2.17. The van der Waals surface area contributed by atoms with Gasteiger partial charge in [-0.15, -0.1) is 0 Å². The fraction of sp³-hybridized carbons (Fsp3) is 0. The van der Waals surface area contributed by atoms with Gasteiger partial charge < -0.3 is 4.74 Å². The van der Waals surface area contributed by atoms with Gasteiger partial charge in [-0.1, -0.05) is 23.7 Å². The van der Waals surface area contributed by atoms with E-state index >= 15 is 0 Å². The van der Waals surface area contributed by atoms with Crippen LogP contribution < -0.4 is 10.2 Å². The first-order valence-corrected chi connectivity index (χ1v) is 8.56. The molecule has 0 bridgehead atoms. The van der Waals surface area contributed by atoms with Crippen LogP contribution in [0.25, 0.3) is 0 Å². The van der Waals surface area contributed by atoms with Gasteiger partial charge in [-0.05, 0) is 66.2 Å². The van der Waals surface area contributed by atoms with E-state index in [-0.39, 0.29) is 5.56 Å². The molecule has 0 saturated heterocycles. The summed E-state index contributed by atoms with van der Waals surface area (Å²) in [5, 5.41) is 4.38. The van der Waals surface area contributed by atoms with Crippen molar-refractivity contribution in [3.8, 4) is 5.75 Å². The summed E-state index contributed by atoms with van der Waals surface area (Å²) >= 11 is 5.80. The van der Waals surface area contributed by atoms with Crippen LogP contribution in [0.4, 0.5) is 4.39 Å². The SMILES string of the molecule is O=C(NN=Cc1cccc(OC(=O)c2ccc(Cl)cc2)c1)c1ccc(F)cc1. The number of hydrazone groups is 1. The molecule has 0 aliphatic heterocycles. The number of benzene rings is 3. The highest BCUT2D eigenvalue weighted by molar-refractivity contribution is 6.30. The second-order valence-corrected chi connectivity index (χ2v) is 6.11. The van der Waals surface area contributed by atoms with Crippen molar-refractivity contribution in [1.82, 2.24) is 5.43 Å². The Kier molecular flexibility index (Phi) is 6.14. The third-order valence-corrected chi connectivity index (χ3v) is 3.89. The first-order chi connectivity index (χ1) is 13.5. The Labute approximate surface area is 165 Å². The van der Waals surface area contributed by atoms with Crippen molar-refractivity contribution in [2.45, 2.75) is 0 Å². The molecule has 3 aromatic carbocycles. The van der Waals surface area contributed by atoms with Crippen molar-refractivity contribution in [2.24, 2.45) is 5.10 Å². The second kappa shape index (κ2) is 8.92. The highest BCUT2D eigenvalue weighted by Crippen LogP contribution is 2.16. The summed E-state index contributed by atoms with van der Waals surface area (Å²) in [6.07, 6.45) is 1.40. The monoisotopic (exact) mass is 396 g/mol. The van der Waals surface area contributed by atoms with Crippen LogP contribution >= 0.6 is 11.6 Å². The molecule has 140 valence electrons. The molecular formula is C21H14ClFN2O3. The summed E-state index contributed by atoms with van der Waals surface area (Å²) < 4.78 is 18.2. The van der Waals surface area contributed by atoms with Gasteiger partial charge in [-0.3, -0.25) is 4.79 Å². The molecule has 5 nitrogen and oxygen atoms in total. The molecule has 1 amide bonds. The molecule has 0 radical (unpaired) electrons. The van der Waals surface area contributed by atoms with Crippen LogP contribution in [0.2, 0.25) is 5.02 Å². The fourth-order valence-electron chi connectivity index (χ4n) is 2.24. The third-order valence-electron chi connectivity index (χ3n) is 3.63. The standard InChI is InChI=1S/C21H14ClFN2O3/c22-17-8-4-16(5-9-17)21(27)28-19-3-1-2-14(12-19)13-24-25-20(26)15-6-10-18(23)11-7-15/h1-13H,(H,25,26). The molecule has 3 aromatic rings. The summed E-state index contributed by atoms with van der Waals surface area (Å²) in [5.41, 5.74) is 3.61. The Hall–Kier alpha value is -3.51. The maximum absolute atomic E-state index is 12.9. The zero-order valence-corrected chi connectivity index (χ0v) is 15.2. The quantitative estimate of drug-likeness (QED) is 0.299. The van der Waals surface area contributed by atoms with Gasteiger partial charge in [-0.25, -0.2) is 14.6 Å². The highest BCUT2D eigenvalue weighted by atomic mass is 35.5. The Morgan fingerprint density at radius 1 is 0.964 bits per heavy atom. The van der Waals surface area contributed by atoms with Crippen LogP contribution in [0, 0.1) is 5.82 Å². The number of hydrogen-bond acceptors (Lipinski definition) is 4. The van der Waals surface area contributed by atoms with Crippen LogP contribution in [0.15, 0.2) is 77.9 Å². The first-order valence-electron chi connectivity index (χ1n) is 8.18. The van der Waals surface area contributed by atoms with Crippen molar-refractivity contribution in [3.05, 3.63) is 100 Å². The maximum Gasteiger partial charge on any atom is 0.343 e. The van der Waals surface area contributed by atoms with Crippen LogP contribution in [0.5, 0.6) is 5.75 Å². The second-order valence-electron chi connectivity index (χ2n) is 5.67. The molecule has 7 heteroatoms. The third kappa shape index (κ3) is 5.25. The zero-order chi connectivity index (χ0) is 19.9. The molecule has 0 unspecified atom stereocenters. The van der Waals surface area contributed by atoms with Crippen molar-refractivity contribution in [3.63, 3.8) is 0 Å². The van der Waals surface area contributed by atoms with E-state index in [1.54, 1.807) is 48.5 Å². The number of esters is 1. The minimum Gasteiger partial charge on any atom is -0.423 e. The molecule has 0 aliphatic rings. The minimum atomic E-state index is -0.518. The molecule has 0 spiro atoms. The maximum atomic E-state index is 12.9. The van der Waals surface area contributed by atoms with E-state index in [0.29, 0.717) is 21.9 Å². The van der Waals surface area contributed by atoms with Gasteiger partial charge in [0.15, 0.2) is 0 Å². The minimum absolute atomic E-state index is 0.282. The smallest absolute Gasteiger partial charge is 0.343 e. The van der Waals surface area contributed by atoms with Crippen molar-refractivity contribution in [1.29, 1.82) is 0 Å². The van der Waals surface area contributed by atoms with E-state index in [2.05, 4.69) is 10.5 Å². The van der Waals surface area contributed by atoms with Crippen LogP contribution in [0.1, 0.15) is 26.3 Å². The lowest BCUT2D eigenvalue weighted by molar-refractivity contribution is 0.0734. The Balaban J connectivity index is 1.61. The average Bonchev–Trinajstić information content (AvgIpc) is 2.69. The molecule has 0 fully saturated rings. The predicted molar refractivity (Wildman–Crippen MR) is 104 cm³/mol.